The summed E-state index contributed by atoms with van der Waals surface area (Å²) in [6.45, 7) is 10.3. The zero-order chi connectivity index (χ0) is 26.1. The minimum absolute atomic E-state index is 0.0741. The first-order chi connectivity index (χ1) is 17.0. The molecule has 0 heterocycles. The van der Waals surface area contributed by atoms with E-state index >= 15 is 0 Å². The Morgan fingerprint density at radius 2 is 1.94 bits per heavy atom. The number of fused-ring (bicyclic) bond motifs is 1. The summed E-state index contributed by atoms with van der Waals surface area (Å²) in [5, 5.41) is 20.3. The SMILES string of the molecule is C=C1/C(=C\C=C2/CCC[C@]3(C)C([C@H](C)C/C=C(/C)S(=O)(=O)c4ccccc4)=CC[C@@H]23)C[C@@H](O)C[C@@H]1O. The van der Waals surface area contributed by atoms with Crippen LogP contribution < -0.4 is 0 Å². The number of hydrogen-bond donors (Lipinski definition) is 2. The molecule has 0 aliphatic heterocycles. The molecule has 5 heteroatoms. The van der Waals surface area contributed by atoms with E-state index in [9.17, 15) is 18.6 Å². The Hall–Kier alpha value is -2.21. The summed E-state index contributed by atoms with van der Waals surface area (Å²) in [6, 6.07) is 8.63. The Labute approximate surface area is 216 Å². The lowest BCUT2D eigenvalue weighted by Crippen LogP contribution is -2.32. The molecule has 0 aromatic heterocycles. The van der Waals surface area contributed by atoms with Crippen LogP contribution in [0.2, 0.25) is 0 Å². The van der Waals surface area contributed by atoms with Crippen molar-refractivity contribution in [1.82, 2.24) is 0 Å². The molecular formula is C31H40O4S. The van der Waals surface area contributed by atoms with Gasteiger partial charge in [0.2, 0.25) is 9.84 Å². The van der Waals surface area contributed by atoms with Gasteiger partial charge in [-0.3, -0.25) is 0 Å². The first-order valence-electron chi connectivity index (χ1n) is 13.2. The number of allylic oxidation sites excluding steroid dienone is 7. The fourth-order valence-corrected chi connectivity index (χ4v) is 7.65. The second-order valence-electron chi connectivity index (χ2n) is 11.1. The van der Waals surface area contributed by atoms with E-state index in [1.807, 2.05) is 12.1 Å². The lowest BCUT2D eigenvalue weighted by atomic mass is 9.62. The molecule has 4 rings (SSSR count). The van der Waals surface area contributed by atoms with Gasteiger partial charge in [0.1, 0.15) is 0 Å². The molecule has 5 atom stereocenters. The van der Waals surface area contributed by atoms with Crippen LogP contribution in [0.25, 0.3) is 0 Å². The molecule has 1 aromatic rings. The average Bonchev–Trinajstić information content (AvgIpc) is 3.21. The molecule has 1 aromatic carbocycles. The summed E-state index contributed by atoms with van der Waals surface area (Å²) in [6.07, 6.45) is 13.3. The molecule has 194 valence electrons. The molecule has 0 bridgehead atoms. The summed E-state index contributed by atoms with van der Waals surface area (Å²) in [7, 11) is -3.45. The topological polar surface area (TPSA) is 74.6 Å². The highest BCUT2D eigenvalue weighted by Gasteiger charge is 2.45. The van der Waals surface area contributed by atoms with Gasteiger partial charge in [-0.2, -0.15) is 0 Å². The second-order valence-corrected chi connectivity index (χ2v) is 13.2. The highest BCUT2D eigenvalue weighted by Crippen LogP contribution is 2.57. The van der Waals surface area contributed by atoms with Crippen molar-refractivity contribution >= 4 is 9.84 Å². The van der Waals surface area contributed by atoms with Crippen molar-refractivity contribution in [3.05, 3.63) is 88.4 Å². The Morgan fingerprint density at radius 3 is 2.67 bits per heavy atom. The minimum atomic E-state index is -3.45. The Morgan fingerprint density at radius 1 is 1.22 bits per heavy atom. The van der Waals surface area contributed by atoms with Gasteiger partial charge in [-0.05, 0) is 86.0 Å². The monoisotopic (exact) mass is 508 g/mol. The van der Waals surface area contributed by atoms with Gasteiger partial charge in [0, 0.05) is 11.3 Å². The molecule has 0 radical (unpaired) electrons. The van der Waals surface area contributed by atoms with Crippen LogP contribution in [-0.4, -0.2) is 30.8 Å². The predicted molar refractivity (Wildman–Crippen MR) is 146 cm³/mol. The van der Waals surface area contributed by atoms with Crippen LogP contribution in [0.4, 0.5) is 0 Å². The summed E-state index contributed by atoms with van der Waals surface area (Å²) in [4.78, 5) is 0.754. The van der Waals surface area contributed by atoms with E-state index in [-0.39, 0.29) is 11.3 Å². The van der Waals surface area contributed by atoms with E-state index in [2.05, 4.69) is 38.7 Å². The number of hydrogen-bond acceptors (Lipinski definition) is 4. The standard InChI is InChI=1S/C31H40O4S/c1-21(12-13-22(2)36(34,35)27-10-6-5-7-11-27)28-16-17-29-24(9-8-18-31(28,29)4)14-15-25-19-26(32)20-30(33)23(25)3/h5-7,10-11,13-16,21,26,29-30,32-33H,3,8-9,12,17-20H2,1-2,4H3/b22-13-,24-14+,25-15-/t21-,26-,29+,30+,31-/m1/s1. The normalized spacial score (nSPS) is 32.5. The molecule has 2 saturated carbocycles. The van der Waals surface area contributed by atoms with Gasteiger partial charge >= 0.3 is 0 Å². The van der Waals surface area contributed by atoms with Crippen molar-refractivity contribution in [2.24, 2.45) is 17.3 Å². The fraction of sp³-hybridized carbons (Fsp3) is 0.484. The Bertz CT molecular complexity index is 1220. The van der Waals surface area contributed by atoms with E-state index in [4.69, 9.17) is 0 Å². The molecule has 3 aliphatic rings. The van der Waals surface area contributed by atoms with Gasteiger partial charge in [0.25, 0.3) is 0 Å². The van der Waals surface area contributed by atoms with Crippen LogP contribution in [0.3, 0.4) is 0 Å². The number of aliphatic hydroxyl groups is 2. The Kier molecular flexibility index (Phi) is 7.94. The molecule has 2 N–H and O–H groups in total. The second kappa shape index (κ2) is 10.6. The maximum atomic E-state index is 12.9. The van der Waals surface area contributed by atoms with Gasteiger partial charge in [0.05, 0.1) is 17.1 Å². The first kappa shape index (κ1) is 26.8. The van der Waals surface area contributed by atoms with Gasteiger partial charge in [-0.25, -0.2) is 8.42 Å². The van der Waals surface area contributed by atoms with Crippen molar-refractivity contribution in [2.75, 3.05) is 0 Å². The fourth-order valence-electron chi connectivity index (χ4n) is 6.45. The molecule has 2 fully saturated rings. The molecule has 4 nitrogen and oxygen atoms in total. The van der Waals surface area contributed by atoms with E-state index in [1.165, 1.54) is 11.1 Å². The van der Waals surface area contributed by atoms with Gasteiger partial charge in [-0.1, -0.05) is 74.1 Å². The zero-order valence-electron chi connectivity index (χ0n) is 21.8. The van der Waals surface area contributed by atoms with E-state index < -0.39 is 22.0 Å². The third-order valence-electron chi connectivity index (χ3n) is 8.64. The van der Waals surface area contributed by atoms with Gasteiger partial charge in [0.15, 0.2) is 0 Å². The largest absolute Gasteiger partial charge is 0.393 e. The predicted octanol–water partition coefficient (Wildman–Crippen LogP) is 6.45. The van der Waals surface area contributed by atoms with Crippen LogP contribution in [0.15, 0.2) is 93.3 Å². The lowest BCUT2D eigenvalue weighted by molar-refractivity contribution is 0.0862. The maximum Gasteiger partial charge on any atom is 0.202 e. The highest BCUT2D eigenvalue weighted by molar-refractivity contribution is 7.95. The molecular weight excluding hydrogens is 468 g/mol. The number of aliphatic hydroxyl groups excluding tert-OH is 2. The molecule has 0 unspecified atom stereocenters. The quantitative estimate of drug-likeness (QED) is 0.433. The molecule has 0 spiro atoms. The molecule has 0 amide bonds. The Balaban J connectivity index is 1.49. The van der Waals surface area contributed by atoms with E-state index in [1.54, 1.807) is 31.2 Å². The summed E-state index contributed by atoms with van der Waals surface area (Å²) < 4.78 is 25.9. The first-order valence-corrected chi connectivity index (χ1v) is 14.6. The van der Waals surface area contributed by atoms with E-state index in [0.717, 1.165) is 36.8 Å². The zero-order valence-corrected chi connectivity index (χ0v) is 22.6. The van der Waals surface area contributed by atoms with Crippen molar-refractivity contribution in [2.45, 2.75) is 82.8 Å². The van der Waals surface area contributed by atoms with E-state index in [0.29, 0.717) is 35.0 Å². The highest BCUT2D eigenvalue weighted by atomic mass is 32.2. The van der Waals surface area contributed by atoms with Gasteiger partial charge in [-0.15, -0.1) is 0 Å². The summed E-state index contributed by atoms with van der Waals surface area (Å²) in [5.41, 5.74) is 4.61. The lowest BCUT2D eigenvalue weighted by Gasteiger charge is -2.42. The van der Waals surface area contributed by atoms with Crippen molar-refractivity contribution in [3.8, 4) is 0 Å². The van der Waals surface area contributed by atoms with Crippen LogP contribution >= 0.6 is 0 Å². The van der Waals surface area contributed by atoms with Crippen molar-refractivity contribution < 1.29 is 18.6 Å². The molecule has 3 aliphatic carbocycles. The van der Waals surface area contributed by atoms with Crippen molar-refractivity contribution in [3.63, 3.8) is 0 Å². The number of benzene rings is 1. The van der Waals surface area contributed by atoms with Crippen LogP contribution in [0.5, 0.6) is 0 Å². The smallest absolute Gasteiger partial charge is 0.202 e. The maximum absolute atomic E-state index is 12.9. The van der Waals surface area contributed by atoms with Crippen LogP contribution in [-0.2, 0) is 9.84 Å². The van der Waals surface area contributed by atoms with Gasteiger partial charge < -0.3 is 10.2 Å². The average molecular weight is 509 g/mol. The third kappa shape index (κ3) is 5.25. The third-order valence-corrected chi connectivity index (χ3v) is 10.5. The van der Waals surface area contributed by atoms with Crippen LogP contribution in [0, 0.1) is 17.3 Å². The van der Waals surface area contributed by atoms with Crippen molar-refractivity contribution in [1.29, 1.82) is 0 Å². The number of rotatable bonds is 6. The van der Waals surface area contributed by atoms with Crippen LogP contribution in [0.1, 0.15) is 65.7 Å². The number of sulfone groups is 1. The minimum Gasteiger partial charge on any atom is -0.393 e. The molecule has 0 saturated heterocycles. The summed E-state index contributed by atoms with van der Waals surface area (Å²) in [5.74, 6) is 0.701. The summed E-state index contributed by atoms with van der Waals surface area (Å²) >= 11 is 0. The molecule has 36 heavy (non-hydrogen) atoms.